The van der Waals surface area contributed by atoms with E-state index in [0.717, 1.165) is 31.4 Å². The van der Waals surface area contributed by atoms with Crippen LogP contribution in [-0.4, -0.2) is 41.3 Å². The summed E-state index contributed by atoms with van der Waals surface area (Å²) in [6, 6.07) is 0. The van der Waals surface area contributed by atoms with E-state index >= 15 is 0 Å². The quantitative estimate of drug-likeness (QED) is 0.887. The number of anilines is 1. The molecule has 2 N–H and O–H groups in total. The van der Waals surface area contributed by atoms with Gasteiger partial charge in [-0.3, -0.25) is 5.32 Å². The van der Waals surface area contributed by atoms with Crippen molar-refractivity contribution in [2.24, 2.45) is 0 Å². The van der Waals surface area contributed by atoms with Crippen LogP contribution < -0.4 is 5.32 Å². The van der Waals surface area contributed by atoms with Gasteiger partial charge < -0.3 is 19.3 Å². The number of ether oxygens (including phenoxy) is 3. The molecule has 1 aromatic heterocycles. The molecule has 8 heteroatoms. The van der Waals surface area contributed by atoms with Crippen LogP contribution >= 0.6 is 11.3 Å². The van der Waals surface area contributed by atoms with Gasteiger partial charge >= 0.3 is 6.09 Å². The second kappa shape index (κ2) is 6.27. The van der Waals surface area contributed by atoms with E-state index in [2.05, 4.69) is 10.3 Å². The lowest BCUT2D eigenvalue weighted by Crippen LogP contribution is -2.37. The molecule has 1 aliphatic heterocycles. The average molecular weight is 314 g/mol. The minimum absolute atomic E-state index is 0.181. The molecular formula is C13H18N2O5S. The number of rotatable bonds is 4. The van der Waals surface area contributed by atoms with Crippen LogP contribution in [0, 0.1) is 0 Å². The minimum atomic E-state index is -1.11. The van der Waals surface area contributed by atoms with E-state index in [1.165, 1.54) is 11.3 Å². The van der Waals surface area contributed by atoms with Crippen LogP contribution in [0.3, 0.4) is 0 Å². The first-order valence-electron chi connectivity index (χ1n) is 6.99. The Hall–Kier alpha value is -1.22. The third-order valence-electron chi connectivity index (χ3n) is 3.74. The minimum Gasteiger partial charge on any atom is -0.465 e. The molecule has 0 unspecified atom stereocenters. The maximum Gasteiger partial charge on any atom is 0.410 e. The molecule has 1 amide bonds. The third-order valence-corrected chi connectivity index (χ3v) is 4.55. The number of thiazole rings is 1. The van der Waals surface area contributed by atoms with Gasteiger partial charge in [-0.05, 0) is 12.8 Å². The second-order valence-corrected chi connectivity index (χ2v) is 6.05. The van der Waals surface area contributed by atoms with Crippen molar-refractivity contribution >= 4 is 22.6 Å². The summed E-state index contributed by atoms with van der Waals surface area (Å²) in [6.45, 7) is 1.77. The van der Waals surface area contributed by atoms with Crippen LogP contribution in [0.25, 0.3) is 0 Å². The molecule has 0 radical (unpaired) electrons. The topological polar surface area (TPSA) is 89.9 Å². The summed E-state index contributed by atoms with van der Waals surface area (Å²) in [7, 11) is 0. The summed E-state index contributed by atoms with van der Waals surface area (Å²) in [5.74, 6) is -0.362. The Morgan fingerprint density at radius 2 is 2.19 bits per heavy atom. The highest BCUT2D eigenvalue weighted by Gasteiger charge is 2.40. The normalized spacial score (nSPS) is 21.7. The molecule has 1 saturated heterocycles. The van der Waals surface area contributed by atoms with Crippen molar-refractivity contribution in [2.45, 2.75) is 44.2 Å². The Bertz CT molecular complexity index is 491. The number of hydrogen-bond acceptors (Lipinski definition) is 6. The molecule has 1 saturated carbocycles. The highest BCUT2D eigenvalue weighted by atomic mass is 32.1. The lowest BCUT2D eigenvalue weighted by Gasteiger charge is -2.35. The fourth-order valence-corrected chi connectivity index (χ4v) is 3.39. The predicted molar refractivity (Wildman–Crippen MR) is 75.4 cm³/mol. The molecule has 0 atom stereocenters. The van der Waals surface area contributed by atoms with Gasteiger partial charge in [0.25, 0.3) is 0 Å². The van der Waals surface area contributed by atoms with Crippen LogP contribution in [-0.2, 0) is 20.8 Å². The molecule has 1 spiro atoms. The molecule has 1 aliphatic carbocycles. The van der Waals surface area contributed by atoms with Crippen molar-refractivity contribution in [2.75, 3.05) is 18.5 Å². The molecule has 3 rings (SSSR count). The number of carboxylic acid groups (broad SMARTS) is 1. The van der Waals surface area contributed by atoms with Crippen molar-refractivity contribution < 1.29 is 24.1 Å². The SMILES string of the molecule is O=C(O)Nc1nc(COC2CCC3(CC2)OCCO3)cs1. The number of nitrogens with one attached hydrogen (secondary N) is 1. The van der Waals surface area contributed by atoms with Gasteiger partial charge in [-0.15, -0.1) is 11.3 Å². The Labute approximate surface area is 126 Å². The molecule has 0 bridgehead atoms. The summed E-state index contributed by atoms with van der Waals surface area (Å²) < 4.78 is 17.2. The highest BCUT2D eigenvalue weighted by Crippen LogP contribution is 2.36. The van der Waals surface area contributed by atoms with Crippen LogP contribution in [0.5, 0.6) is 0 Å². The van der Waals surface area contributed by atoms with Crippen LogP contribution in [0.1, 0.15) is 31.4 Å². The van der Waals surface area contributed by atoms with Crippen molar-refractivity contribution in [3.63, 3.8) is 0 Å². The number of hydrogen-bond donors (Lipinski definition) is 2. The first-order chi connectivity index (χ1) is 10.2. The Morgan fingerprint density at radius 1 is 1.48 bits per heavy atom. The summed E-state index contributed by atoms with van der Waals surface area (Å²) in [6.07, 6.45) is 2.61. The molecule has 2 aliphatic rings. The molecule has 2 fully saturated rings. The zero-order chi connectivity index (χ0) is 14.7. The highest BCUT2D eigenvalue weighted by molar-refractivity contribution is 7.13. The van der Waals surface area contributed by atoms with Crippen LogP contribution in [0.4, 0.5) is 9.93 Å². The summed E-state index contributed by atoms with van der Waals surface area (Å²) in [5.41, 5.74) is 0.748. The predicted octanol–water partition coefficient (Wildman–Crippen LogP) is 2.44. The number of nitrogens with zero attached hydrogens (tertiary/aromatic N) is 1. The van der Waals surface area contributed by atoms with Gasteiger partial charge in [0, 0.05) is 18.2 Å². The molecule has 2 heterocycles. The lowest BCUT2D eigenvalue weighted by molar-refractivity contribution is -0.192. The zero-order valence-corrected chi connectivity index (χ0v) is 12.4. The van der Waals surface area contributed by atoms with Crippen molar-refractivity contribution in [1.29, 1.82) is 0 Å². The smallest absolute Gasteiger partial charge is 0.410 e. The van der Waals surface area contributed by atoms with Gasteiger partial charge in [0.15, 0.2) is 10.9 Å². The van der Waals surface area contributed by atoms with Gasteiger partial charge in [-0.1, -0.05) is 0 Å². The van der Waals surface area contributed by atoms with Crippen molar-refractivity contribution in [3.8, 4) is 0 Å². The fraction of sp³-hybridized carbons (Fsp3) is 0.692. The van der Waals surface area contributed by atoms with Gasteiger partial charge in [0.2, 0.25) is 0 Å². The molecule has 7 nitrogen and oxygen atoms in total. The maximum atomic E-state index is 10.5. The molecular weight excluding hydrogens is 296 g/mol. The largest absolute Gasteiger partial charge is 0.465 e. The first-order valence-corrected chi connectivity index (χ1v) is 7.87. The van der Waals surface area contributed by atoms with E-state index in [-0.39, 0.29) is 11.9 Å². The zero-order valence-electron chi connectivity index (χ0n) is 11.5. The summed E-state index contributed by atoms with van der Waals surface area (Å²) >= 11 is 1.26. The van der Waals surface area contributed by atoms with Gasteiger partial charge in [-0.2, -0.15) is 0 Å². The molecule has 116 valence electrons. The average Bonchev–Trinajstić information content (AvgIpc) is 3.08. The van der Waals surface area contributed by atoms with E-state index in [1.54, 1.807) is 5.38 Å². The number of amides is 1. The molecule has 21 heavy (non-hydrogen) atoms. The van der Waals surface area contributed by atoms with Crippen molar-refractivity contribution in [1.82, 2.24) is 4.98 Å². The van der Waals surface area contributed by atoms with E-state index in [1.807, 2.05) is 0 Å². The van der Waals surface area contributed by atoms with E-state index in [9.17, 15) is 4.79 Å². The molecule has 0 aromatic carbocycles. The Kier molecular flexibility index (Phi) is 4.39. The van der Waals surface area contributed by atoms with E-state index < -0.39 is 6.09 Å². The number of aromatic nitrogens is 1. The first kappa shape index (κ1) is 14.7. The monoisotopic (exact) mass is 314 g/mol. The summed E-state index contributed by atoms with van der Waals surface area (Å²) in [4.78, 5) is 14.7. The second-order valence-electron chi connectivity index (χ2n) is 5.19. The van der Waals surface area contributed by atoms with Gasteiger partial charge in [0.05, 0.1) is 31.6 Å². The van der Waals surface area contributed by atoms with E-state index in [4.69, 9.17) is 19.3 Å². The standard InChI is InChI=1S/C13H18N2O5S/c16-12(17)15-11-14-9(8-21-11)7-18-10-1-3-13(4-2-10)19-5-6-20-13/h8,10H,1-7H2,(H,14,15)(H,16,17). The van der Waals surface area contributed by atoms with Gasteiger partial charge in [-0.25, -0.2) is 9.78 Å². The van der Waals surface area contributed by atoms with E-state index in [0.29, 0.717) is 25.0 Å². The number of carbonyl (C=O) groups is 1. The van der Waals surface area contributed by atoms with Crippen LogP contribution in [0.15, 0.2) is 5.38 Å². The third kappa shape index (κ3) is 3.70. The Balaban J connectivity index is 1.43. The Morgan fingerprint density at radius 3 is 2.86 bits per heavy atom. The summed E-state index contributed by atoms with van der Waals surface area (Å²) in [5, 5.41) is 13.0. The van der Waals surface area contributed by atoms with Crippen molar-refractivity contribution in [3.05, 3.63) is 11.1 Å². The molecule has 1 aromatic rings. The van der Waals surface area contributed by atoms with Gasteiger partial charge in [0.1, 0.15) is 0 Å². The fourth-order valence-electron chi connectivity index (χ4n) is 2.71. The van der Waals surface area contributed by atoms with Crippen LogP contribution in [0.2, 0.25) is 0 Å². The lowest BCUT2D eigenvalue weighted by atomic mass is 9.92. The maximum absolute atomic E-state index is 10.5.